The molecule has 1 N–H and O–H groups in total. The second-order valence-corrected chi connectivity index (χ2v) is 6.01. The Morgan fingerprint density at radius 2 is 1.64 bits per heavy atom. The topological polar surface area (TPSA) is 66.4 Å². The third-order valence-electron chi connectivity index (χ3n) is 3.91. The van der Waals surface area contributed by atoms with Crippen LogP contribution in [0.25, 0.3) is 0 Å². The second-order valence-electron chi connectivity index (χ2n) is 6.01. The Hall–Kier alpha value is -1.96. The molecule has 0 bridgehead atoms. The molecule has 2 aromatic rings. The summed E-state index contributed by atoms with van der Waals surface area (Å²) in [6, 6.07) is 4.12. The van der Waals surface area contributed by atoms with Crippen LogP contribution < -0.4 is 15.1 Å². The maximum atomic E-state index is 5.35. The van der Waals surface area contributed by atoms with Crippen molar-refractivity contribution < 1.29 is 4.74 Å². The fourth-order valence-corrected chi connectivity index (χ4v) is 2.50. The zero-order valence-electron chi connectivity index (χ0n) is 14.7. The SMILES string of the molecule is CN(C)c1ccc(CNCc2cnc(N3CCOCC3)nc2)cn1.Cl. The summed E-state index contributed by atoms with van der Waals surface area (Å²) in [5.41, 5.74) is 2.23. The first kappa shape index (κ1) is 19.4. The lowest BCUT2D eigenvalue weighted by Crippen LogP contribution is -2.37. The molecule has 1 saturated heterocycles. The number of ether oxygens (including phenoxy) is 1. The minimum Gasteiger partial charge on any atom is -0.378 e. The molecule has 25 heavy (non-hydrogen) atoms. The molecule has 0 spiro atoms. The highest BCUT2D eigenvalue weighted by Crippen LogP contribution is 2.10. The monoisotopic (exact) mass is 364 g/mol. The molecule has 136 valence electrons. The van der Waals surface area contributed by atoms with Crippen molar-refractivity contribution in [1.82, 2.24) is 20.3 Å². The van der Waals surface area contributed by atoms with Crippen LogP contribution in [0.4, 0.5) is 11.8 Å². The Morgan fingerprint density at radius 1 is 1.00 bits per heavy atom. The van der Waals surface area contributed by atoms with Crippen molar-refractivity contribution in [3.63, 3.8) is 0 Å². The van der Waals surface area contributed by atoms with E-state index in [4.69, 9.17) is 4.74 Å². The molecule has 3 heterocycles. The molecule has 1 aliphatic heterocycles. The van der Waals surface area contributed by atoms with E-state index in [-0.39, 0.29) is 12.4 Å². The predicted octanol–water partition coefficient (Wildman–Crippen LogP) is 1.49. The quantitative estimate of drug-likeness (QED) is 0.832. The third-order valence-corrected chi connectivity index (χ3v) is 3.91. The van der Waals surface area contributed by atoms with Gasteiger partial charge in [-0.1, -0.05) is 6.07 Å². The molecule has 0 radical (unpaired) electrons. The molecule has 7 nitrogen and oxygen atoms in total. The molecule has 0 atom stereocenters. The summed E-state index contributed by atoms with van der Waals surface area (Å²) >= 11 is 0. The highest BCUT2D eigenvalue weighted by atomic mass is 35.5. The summed E-state index contributed by atoms with van der Waals surface area (Å²) in [4.78, 5) is 17.5. The van der Waals surface area contributed by atoms with Crippen LogP contribution in [-0.2, 0) is 17.8 Å². The zero-order valence-corrected chi connectivity index (χ0v) is 15.5. The van der Waals surface area contributed by atoms with Gasteiger partial charge in [0.2, 0.25) is 5.95 Å². The van der Waals surface area contributed by atoms with Crippen LogP contribution in [-0.4, -0.2) is 55.4 Å². The molecule has 1 fully saturated rings. The van der Waals surface area contributed by atoms with Crippen LogP contribution in [0.1, 0.15) is 11.1 Å². The molecule has 0 amide bonds. The first-order chi connectivity index (χ1) is 11.7. The molecular weight excluding hydrogens is 340 g/mol. The van der Waals surface area contributed by atoms with E-state index in [1.165, 1.54) is 0 Å². The minimum atomic E-state index is 0. The van der Waals surface area contributed by atoms with Gasteiger partial charge in [-0.15, -0.1) is 12.4 Å². The summed E-state index contributed by atoms with van der Waals surface area (Å²) in [7, 11) is 3.97. The summed E-state index contributed by atoms with van der Waals surface area (Å²) in [6.07, 6.45) is 5.68. The molecule has 0 aromatic carbocycles. The van der Waals surface area contributed by atoms with Gasteiger partial charge in [-0.25, -0.2) is 15.0 Å². The van der Waals surface area contributed by atoms with Crippen molar-refractivity contribution in [3.05, 3.63) is 41.9 Å². The highest BCUT2D eigenvalue weighted by Gasteiger charge is 2.13. The van der Waals surface area contributed by atoms with Crippen LogP contribution in [0.5, 0.6) is 0 Å². The average molecular weight is 365 g/mol. The summed E-state index contributed by atoms with van der Waals surface area (Å²) in [6.45, 7) is 4.70. The third kappa shape index (κ3) is 5.52. The summed E-state index contributed by atoms with van der Waals surface area (Å²) in [5.74, 6) is 1.75. The Morgan fingerprint density at radius 3 is 2.24 bits per heavy atom. The number of pyridine rings is 1. The van der Waals surface area contributed by atoms with Crippen molar-refractivity contribution in [3.8, 4) is 0 Å². The van der Waals surface area contributed by atoms with Gasteiger partial charge in [0.25, 0.3) is 0 Å². The van der Waals surface area contributed by atoms with E-state index < -0.39 is 0 Å². The number of morpholine rings is 1. The van der Waals surface area contributed by atoms with Gasteiger partial charge in [0, 0.05) is 64.4 Å². The van der Waals surface area contributed by atoms with E-state index in [0.717, 1.165) is 62.3 Å². The number of nitrogens with one attached hydrogen (secondary N) is 1. The van der Waals surface area contributed by atoms with E-state index >= 15 is 0 Å². The van der Waals surface area contributed by atoms with E-state index in [0.29, 0.717) is 0 Å². The van der Waals surface area contributed by atoms with Gasteiger partial charge in [-0.05, 0) is 11.6 Å². The number of nitrogens with zero attached hydrogens (tertiary/aromatic N) is 5. The Labute approximate surface area is 154 Å². The number of anilines is 2. The minimum absolute atomic E-state index is 0. The Kier molecular flexibility index (Phi) is 7.36. The molecule has 8 heteroatoms. The first-order valence-electron chi connectivity index (χ1n) is 8.19. The molecule has 0 aliphatic carbocycles. The fourth-order valence-electron chi connectivity index (χ4n) is 2.50. The molecule has 0 unspecified atom stereocenters. The number of aromatic nitrogens is 3. The molecule has 2 aromatic heterocycles. The van der Waals surface area contributed by atoms with Crippen LogP contribution in [0.2, 0.25) is 0 Å². The van der Waals surface area contributed by atoms with Gasteiger partial charge in [0.05, 0.1) is 13.2 Å². The average Bonchev–Trinajstić information content (AvgIpc) is 2.63. The first-order valence-corrected chi connectivity index (χ1v) is 8.19. The lowest BCUT2D eigenvalue weighted by atomic mass is 10.2. The smallest absolute Gasteiger partial charge is 0.225 e. The van der Waals surface area contributed by atoms with E-state index in [1.807, 2.05) is 43.7 Å². The van der Waals surface area contributed by atoms with Crippen molar-refractivity contribution in [2.75, 3.05) is 50.2 Å². The predicted molar refractivity (Wildman–Crippen MR) is 101 cm³/mol. The lowest BCUT2D eigenvalue weighted by molar-refractivity contribution is 0.122. The number of hydrogen-bond donors (Lipinski definition) is 1. The van der Waals surface area contributed by atoms with Crippen molar-refractivity contribution >= 4 is 24.2 Å². The standard InChI is InChI=1S/C17H24N6O.ClH/c1-22(2)16-4-3-14(11-19-16)9-18-10-15-12-20-17(21-13-15)23-5-7-24-8-6-23;/h3-4,11-13,18H,5-10H2,1-2H3;1H. The molecular formula is C17H25ClN6O. The molecule has 3 rings (SSSR count). The fraction of sp³-hybridized carbons (Fsp3) is 0.471. The van der Waals surface area contributed by atoms with E-state index in [1.54, 1.807) is 0 Å². The van der Waals surface area contributed by atoms with Gasteiger partial charge in [0.1, 0.15) is 5.82 Å². The van der Waals surface area contributed by atoms with Crippen LogP contribution in [0.3, 0.4) is 0 Å². The van der Waals surface area contributed by atoms with Crippen molar-refractivity contribution in [1.29, 1.82) is 0 Å². The van der Waals surface area contributed by atoms with Gasteiger partial charge < -0.3 is 19.9 Å². The highest BCUT2D eigenvalue weighted by molar-refractivity contribution is 5.85. The van der Waals surface area contributed by atoms with Gasteiger partial charge in [-0.3, -0.25) is 0 Å². The second kappa shape index (κ2) is 9.50. The van der Waals surface area contributed by atoms with Crippen LogP contribution in [0.15, 0.2) is 30.7 Å². The van der Waals surface area contributed by atoms with E-state index in [9.17, 15) is 0 Å². The van der Waals surface area contributed by atoms with Crippen molar-refractivity contribution in [2.24, 2.45) is 0 Å². The zero-order chi connectivity index (χ0) is 16.8. The Bertz CT molecular complexity index is 629. The van der Waals surface area contributed by atoms with Gasteiger partial charge in [0.15, 0.2) is 0 Å². The summed E-state index contributed by atoms with van der Waals surface area (Å²) in [5, 5.41) is 3.40. The van der Waals surface area contributed by atoms with Crippen molar-refractivity contribution in [2.45, 2.75) is 13.1 Å². The van der Waals surface area contributed by atoms with Gasteiger partial charge >= 0.3 is 0 Å². The van der Waals surface area contributed by atoms with Gasteiger partial charge in [-0.2, -0.15) is 0 Å². The molecule has 0 saturated carbocycles. The maximum absolute atomic E-state index is 5.35. The van der Waals surface area contributed by atoms with Crippen LogP contribution >= 0.6 is 12.4 Å². The maximum Gasteiger partial charge on any atom is 0.225 e. The van der Waals surface area contributed by atoms with Crippen LogP contribution in [0, 0.1) is 0 Å². The summed E-state index contributed by atoms with van der Waals surface area (Å²) < 4.78 is 5.35. The Balaban J connectivity index is 0.00000225. The molecule has 1 aliphatic rings. The number of rotatable bonds is 6. The van der Waals surface area contributed by atoms with E-state index in [2.05, 4.69) is 31.2 Å². The largest absolute Gasteiger partial charge is 0.378 e. The normalized spacial score (nSPS) is 14.1. The number of halogens is 1. The number of hydrogen-bond acceptors (Lipinski definition) is 7. The lowest BCUT2D eigenvalue weighted by Gasteiger charge is -2.26.